The van der Waals surface area contributed by atoms with Gasteiger partial charge in [-0.3, -0.25) is 9.59 Å². The number of carbonyl (C=O) groups is 3. The minimum atomic E-state index is -0.899. The topological polar surface area (TPSA) is 106 Å². The van der Waals surface area contributed by atoms with Crippen LogP contribution >= 0.6 is 11.3 Å². The summed E-state index contributed by atoms with van der Waals surface area (Å²) in [5.74, 6) is -1.63. The standard InChI is InChI=1S/C24H23N3O5S/c1-14-7-8-15(2)18(12-14)25-22(28)23(29)27-26-16(3)17-9-10-19(20(13-17)31-4)32-24(30)21-6-5-11-33-21/h5-13H,1-4H3,(H,25,28)(H,27,29)/b26-16-. The van der Waals surface area contributed by atoms with Crippen molar-refractivity contribution in [2.24, 2.45) is 5.10 Å². The SMILES string of the molecule is COc1cc(/C(C)=N\NC(=O)C(=O)Nc2cc(C)ccc2C)ccc1OC(=O)c1cccs1. The molecule has 0 aliphatic carbocycles. The number of methoxy groups -OCH3 is 1. The van der Waals surface area contributed by atoms with E-state index in [9.17, 15) is 14.4 Å². The van der Waals surface area contributed by atoms with Gasteiger partial charge in [0, 0.05) is 11.3 Å². The van der Waals surface area contributed by atoms with Gasteiger partial charge in [-0.1, -0.05) is 18.2 Å². The first-order chi connectivity index (χ1) is 15.8. The highest BCUT2D eigenvalue weighted by Gasteiger charge is 2.16. The summed E-state index contributed by atoms with van der Waals surface area (Å²) < 4.78 is 10.7. The van der Waals surface area contributed by atoms with Crippen molar-refractivity contribution in [2.75, 3.05) is 12.4 Å². The van der Waals surface area contributed by atoms with Gasteiger partial charge >= 0.3 is 17.8 Å². The highest BCUT2D eigenvalue weighted by atomic mass is 32.1. The van der Waals surface area contributed by atoms with Crippen LogP contribution in [0.25, 0.3) is 0 Å². The zero-order valence-electron chi connectivity index (χ0n) is 18.6. The number of carbonyl (C=O) groups excluding carboxylic acids is 3. The van der Waals surface area contributed by atoms with E-state index in [0.717, 1.165) is 11.1 Å². The maximum absolute atomic E-state index is 12.2. The largest absolute Gasteiger partial charge is 0.493 e. The molecule has 0 bridgehead atoms. The third-order valence-corrected chi connectivity index (χ3v) is 5.53. The molecule has 0 saturated carbocycles. The predicted octanol–water partition coefficient (Wildman–Crippen LogP) is 4.07. The zero-order valence-corrected chi connectivity index (χ0v) is 19.4. The second-order valence-corrected chi connectivity index (χ2v) is 8.09. The van der Waals surface area contributed by atoms with Crippen molar-refractivity contribution in [3.8, 4) is 11.5 Å². The normalized spacial score (nSPS) is 11.0. The van der Waals surface area contributed by atoms with Crippen molar-refractivity contribution in [1.29, 1.82) is 0 Å². The highest BCUT2D eigenvalue weighted by molar-refractivity contribution is 7.12. The molecule has 2 aromatic carbocycles. The first-order valence-electron chi connectivity index (χ1n) is 9.95. The lowest BCUT2D eigenvalue weighted by Gasteiger charge is -2.11. The predicted molar refractivity (Wildman–Crippen MR) is 127 cm³/mol. The number of ether oxygens (including phenoxy) is 2. The van der Waals surface area contributed by atoms with Crippen molar-refractivity contribution in [3.63, 3.8) is 0 Å². The van der Waals surface area contributed by atoms with Crippen LogP contribution in [0.15, 0.2) is 59.0 Å². The molecule has 1 heterocycles. The average molecular weight is 466 g/mol. The maximum atomic E-state index is 12.2. The number of aryl methyl sites for hydroxylation is 2. The quantitative estimate of drug-likeness (QED) is 0.188. The molecule has 0 aliphatic rings. The number of nitrogens with zero attached hydrogens (tertiary/aromatic N) is 1. The number of thiophene rings is 1. The molecule has 0 spiro atoms. The average Bonchev–Trinajstić information content (AvgIpc) is 3.35. The Labute approximate surface area is 195 Å². The summed E-state index contributed by atoms with van der Waals surface area (Å²) in [5.41, 5.74) is 5.65. The molecule has 3 rings (SSSR count). The van der Waals surface area contributed by atoms with E-state index in [1.165, 1.54) is 18.4 Å². The smallest absolute Gasteiger partial charge is 0.353 e. The van der Waals surface area contributed by atoms with Crippen molar-refractivity contribution in [1.82, 2.24) is 5.43 Å². The van der Waals surface area contributed by atoms with Crippen LogP contribution in [-0.2, 0) is 9.59 Å². The first kappa shape index (κ1) is 23.7. The van der Waals surface area contributed by atoms with Gasteiger partial charge in [-0.15, -0.1) is 11.3 Å². The Morgan fingerprint density at radius 1 is 0.970 bits per heavy atom. The molecule has 0 fully saturated rings. The molecule has 33 heavy (non-hydrogen) atoms. The molecule has 2 N–H and O–H groups in total. The molecule has 0 aliphatic heterocycles. The lowest BCUT2D eigenvalue weighted by atomic mass is 10.1. The van der Waals surface area contributed by atoms with Crippen molar-refractivity contribution in [3.05, 3.63) is 75.5 Å². The molecule has 0 atom stereocenters. The summed E-state index contributed by atoms with van der Waals surface area (Å²) in [7, 11) is 1.45. The van der Waals surface area contributed by atoms with Gasteiger partial charge < -0.3 is 14.8 Å². The number of esters is 1. The van der Waals surface area contributed by atoms with E-state index in [-0.39, 0.29) is 5.75 Å². The van der Waals surface area contributed by atoms with Gasteiger partial charge in [0.15, 0.2) is 11.5 Å². The van der Waals surface area contributed by atoms with E-state index in [2.05, 4.69) is 15.8 Å². The van der Waals surface area contributed by atoms with Gasteiger partial charge in [-0.05, 0) is 67.6 Å². The minimum Gasteiger partial charge on any atom is -0.493 e. The van der Waals surface area contributed by atoms with Gasteiger partial charge in [0.2, 0.25) is 0 Å². The van der Waals surface area contributed by atoms with Crippen LogP contribution < -0.4 is 20.2 Å². The molecule has 2 amide bonds. The van der Waals surface area contributed by atoms with Crippen LogP contribution in [0.3, 0.4) is 0 Å². The van der Waals surface area contributed by atoms with Crippen LogP contribution in [0.4, 0.5) is 5.69 Å². The fourth-order valence-corrected chi connectivity index (χ4v) is 3.42. The van der Waals surface area contributed by atoms with Crippen LogP contribution in [0.1, 0.15) is 33.3 Å². The Hall–Kier alpha value is -3.98. The molecular formula is C24H23N3O5S. The van der Waals surface area contributed by atoms with Gasteiger partial charge in [0.1, 0.15) is 4.88 Å². The van der Waals surface area contributed by atoms with E-state index >= 15 is 0 Å². The zero-order chi connectivity index (χ0) is 24.0. The number of hydrogen-bond acceptors (Lipinski definition) is 7. The van der Waals surface area contributed by atoms with Crippen molar-refractivity contribution in [2.45, 2.75) is 20.8 Å². The monoisotopic (exact) mass is 465 g/mol. The molecule has 0 saturated heterocycles. The summed E-state index contributed by atoms with van der Waals surface area (Å²) in [6.45, 7) is 5.39. The molecule has 8 nitrogen and oxygen atoms in total. The van der Waals surface area contributed by atoms with Crippen molar-refractivity contribution >= 4 is 40.5 Å². The minimum absolute atomic E-state index is 0.254. The Balaban J connectivity index is 1.66. The second-order valence-electron chi connectivity index (χ2n) is 7.14. The number of amides is 2. The number of nitrogens with one attached hydrogen (secondary N) is 2. The van der Waals surface area contributed by atoms with Gasteiger partial charge in [-0.2, -0.15) is 5.10 Å². The van der Waals surface area contributed by atoms with E-state index in [0.29, 0.717) is 27.6 Å². The van der Waals surface area contributed by atoms with Crippen LogP contribution in [-0.4, -0.2) is 30.6 Å². The van der Waals surface area contributed by atoms with Crippen LogP contribution in [0, 0.1) is 13.8 Å². The third-order valence-electron chi connectivity index (χ3n) is 4.68. The van der Waals surface area contributed by atoms with Crippen LogP contribution in [0.5, 0.6) is 11.5 Å². The van der Waals surface area contributed by atoms with E-state index in [1.54, 1.807) is 48.7 Å². The molecule has 3 aromatic rings. The number of rotatable bonds is 6. The maximum Gasteiger partial charge on any atom is 0.353 e. The Bertz CT molecular complexity index is 1220. The molecule has 1 aromatic heterocycles. The Morgan fingerprint density at radius 2 is 1.76 bits per heavy atom. The first-order valence-corrected chi connectivity index (χ1v) is 10.8. The Kier molecular flexibility index (Phi) is 7.57. The summed E-state index contributed by atoms with van der Waals surface area (Å²) in [6.07, 6.45) is 0. The molecule has 0 radical (unpaired) electrons. The Morgan fingerprint density at radius 3 is 2.45 bits per heavy atom. The lowest BCUT2D eigenvalue weighted by molar-refractivity contribution is -0.136. The van der Waals surface area contributed by atoms with E-state index in [1.807, 2.05) is 26.0 Å². The van der Waals surface area contributed by atoms with Gasteiger partial charge in [0.25, 0.3) is 0 Å². The number of hydrazone groups is 1. The fourth-order valence-electron chi connectivity index (χ4n) is 2.82. The lowest BCUT2D eigenvalue weighted by Crippen LogP contribution is -2.33. The summed E-state index contributed by atoms with van der Waals surface area (Å²) in [4.78, 5) is 37.1. The van der Waals surface area contributed by atoms with Crippen LogP contribution in [0.2, 0.25) is 0 Å². The van der Waals surface area contributed by atoms with Gasteiger partial charge in [-0.25, -0.2) is 10.2 Å². The third kappa shape index (κ3) is 6.05. The molecule has 170 valence electrons. The molecule has 0 unspecified atom stereocenters. The second kappa shape index (κ2) is 10.6. The molecule has 9 heteroatoms. The van der Waals surface area contributed by atoms with Crippen molar-refractivity contribution < 1.29 is 23.9 Å². The fraction of sp³-hybridized carbons (Fsp3) is 0.167. The number of hydrogen-bond donors (Lipinski definition) is 2. The summed E-state index contributed by atoms with van der Waals surface area (Å²) in [6, 6.07) is 13.9. The number of anilines is 1. The summed E-state index contributed by atoms with van der Waals surface area (Å²) in [5, 5.41) is 8.37. The highest BCUT2D eigenvalue weighted by Crippen LogP contribution is 2.29. The van der Waals surface area contributed by atoms with Gasteiger partial charge in [0.05, 0.1) is 12.8 Å². The summed E-state index contributed by atoms with van der Waals surface area (Å²) >= 11 is 1.28. The van der Waals surface area contributed by atoms with E-state index in [4.69, 9.17) is 9.47 Å². The molecular weight excluding hydrogens is 442 g/mol. The number of benzene rings is 2. The van der Waals surface area contributed by atoms with E-state index < -0.39 is 17.8 Å².